The summed E-state index contributed by atoms with van der Waals surface area (Å²) >= 11 is 0. The second kappa shape index (κ2) is 8.59. The minimum Gasteiger partial charge on any atom is -0.335 e. The lowest BCUT2D eigenvalue weighted by atomic mass is 9.87. The molecule has 3 N–H and O–H groups in total. The number of halogens is 1. The van der Waals surface area contributed by atoms with Crippen molar-refractivity contribution in [2.24, 2.45) is 0 Å². The zero-order valence-corrected chi connectivity index (χ0v) is 16.3. The van der Waals surface area contributed by atoms with Gasteiger partial charge in [-0.1, -0.05) is 38.3 Å². The van der Waals surface area contributed by atoms with E-state index in [4.69, 9.17) is 0 Å². The summed E-state index contributed by atoms with van der Waals surface area (Å²) in [4.78, 5) is 50.4. The number of imide groups is 2. The number of amides is 6. The molecule has 1 saturated heterocycles. The van der Waals surface area contributed by atoms with Crippen LogP contribution in [0.5, 0.6) is 0 Å². The fraction of sp³-hybridized carbons (Fsp3) is 0.500. The van der Waals surface area contributed by atoms with Gasteiger partial charge in [-0.3, -0.25) is 19.8 Å². The Balaban J connectivity index is 1.63. The van der Waals surface area contributed by atoms with Gasteiger partial charge in [-0.05, 0) is 37.0 Å². The van der Waals surface area contributed by atoms with Gasteiger partial charge in [-0.15, -0.1) is 0 Å². The number of carbonyl (C=O) groups excluding carboxylic acids is 4. The Kier molecular flexibility index (Phi) is 6.14. The minimum atomic E-state index is -1.37. The highest BCUT2D eigenvalue weighted by Crippen LogP contribution is 2.32. The van der Waals surface area contributed by atoms with Crippen molar-refractivity contribution in [1.29, 1.82) is 0 Å². The first kappa shape index (κ1) is 20.8. The van der Waals surface area contributed by atoms with Crippen LogP contribution in [0.2, 0.25) is 0 Å². The highest BCUT2D eigenvalue weighted by molar-refractivity contribution is 6.10. The van der Waals surface area contributed by atoms with E-state index in [1.807, 2.05) is 0 Å². The zero-order chi connectivity index (χ0) is 21.0. The molecule has 2 aliphatic rings. The van der Waals surface area contributed by atoms with Crippen molar-refractivity contribution in [1.82, 2.24) is 20.9 Å². The van der Waals surface area contributed by atoms with Crippen molar-refractivity contribution in [2.75, 3.05) is 6.54 Å². The van der Waals surface area contributed by atoms with Crippen LogP contribution in [0.15, 0.2) is 24.3 Å². The molecule has 2 fully saturated rings. The van der Waals surface area contributed by atoms with Crippen LogP contribution >= 0.6 is 0 Å². The average Bonchev–Trinajstić information content (AvgIpc) is 2.94. The number of rotatable bonds is 5. The molecule has 1 atom stereocenters. The first-order valence-corrected chi connectivity index (χ1v) is 9.86. The van der Waals surface area contributed by atoms with Crippen LogP contribution in [0.1, 0.15) is 51.0 Å². The second-order valence-electron chi connectivity index (χ2n) is 7.44. The summed E-state index contributed by atoms with van der Waals surface area (Å²) in [6, 6.07) is 3.93. The molecule has 1 aliphatic heterocycles. The maximum Gasteiger partial charge on any atom is 0.325 e. The largest absolute Gasteiger partial charge is 0.335 e. The van der Waals surface area contributed by atoms with Crippen LogP contribution < -0.4 is 16.0 Å². The number of nitrogens with one attached hydrogen (secondary N) is 3. The summed E-state index contributed by atoms with van der Waals surface area (Å²) in [5, 5.41) is 7.53. The van der Waals surface area contributed by atoms with Gasteiger partial charge >= 0.3 is 12.1 Å². The van der Waals surface area contributed by atoms with Gasteiger partial charge in [0.25, 0.3) is 5.91 Å². The van der Waals surface area contributed by atoms with Crippen LogP contribution in [0.25, 0.3) is 0 Å². The van der Waals surface area contributed by atoms with Crippen LogP contribution in [-0.4, -0.2) is 41.4 Å². The van der Waals surface area contributed by atoms with Gasteiger partial charge in [0.05, 0.1) is 0 Å². The summed E-state index contributed by atoms with van der Waals surface area (Å²) in [7, 11) is 0. The van der Waals surface area contributed by atoms with E-state index in [0.717, 1.165) is 37.0 Å². The van der Waals surface area contributed by atoms with Crippen LogP contribution in [-0.2, 0) is 15.1 Å². The molecule has 156 valence electrons. The molecule has 8 nitrogen and oxygen atoms in total. The van der Waals surface area contributed by atoms with E-state index in [1.54, 1.807) is 6.92 Å². The summed E-state index contributed by atoms with van der Waals surface area (Å²) in [6.07, 6.45) is 5.16. The fourth-order valence-electron chi connectivity index (χ4n) is 3.92. The van der Waals surface area contributed by atoms with Crippen molar-refractivity contribution in [3.63, 3.8) is 0 Å². The summed E-state index contributed by atoms with van der Waals surface area (Å²) < 4.78 is 13.2. The van der Waals surface area contributed by atoms with Crippen molar-refractivity contribution in [3.05, 3.63) is 35.6 Å². The SMILES string of the molecule is CC[C@@]1(c2ccc(F)cc2)NC(=O)N(CC(=O)NC(=O)NC2CCCCC2)C1=O. The molecule has 0 spiro atoms. The first-order chi connectivity index (χ1) is 13.9. The molecule has 6 amide bonds. The second-order valence-corrected chi connectivity index (χ2v) is 7.44. The minimum absolute atomic E-state index is 0.0273. The predicted molar refractivity (Wildman–Crippen MR) is 102 cm³/mol. The Morgan fingerprint density at radius 2 is 1.83 bits per heavy atom. The molecule has 0 aromatic heterocycles. The van der Waals surface area contributed by atoms with Gasteiger partial charge in [0, 0.05) is 6.04 Å². The molecule has 3 rings (SSSR count). The summed E-state index contributed by atoms with van der Waals surface area (Å²) in [5.74, 6) is -1.83. The van der Waals surface area contributed by atoms with Gasteiger partial charge in [-0.2, -0.15) is 0 Å². The molecular weight excluding hydrogens is 379 g/mol. The lowest BCUT2D eigenvalue weighted by Gasteiger charge is -2.25. The van der Waals surface area contributed by atoms with Gasteiger partial charge in [-0.25, -0.2) is 14.0 Å². The van der Waals surface area contributed by atoms with E-state index < -0.39 is 41.8 Å². The molecule has 9 heteroatoms. The molecule has 29 heavy (non-hydrogen) atoms. The maximum absolute atomic E-state index is 13.2. The number of nitrogens with zero attached hydrogens (tertiary/aromatic N) is 1. The fourth-order valence-corrected chi connectivity index (χ4v) is 3.92. The van der Waals surface area contributed by atoms with Crippen molar-refractivity contribution in [2.45, 2.75) is 57.0 Å². The molecule has 1 aliphatic carbocycles. The van der Waals surface area contributed by atoms with E-state index in [2.05, 4.69) is 16.0 Å². The molecule has 1 aromatic rings. The maximum atomic E-state index is 13.2. The van der Waals surface area contributed by atoms with E-state index >= 15 is 0 Å². The van der Waals surface area contributed by atoms with E-state index in [9.17, 15) is 23.6 Å². The number of urea groups is 2. The topological polar surface area (TPSA) is 108 Å². The lowest BCUT2D eigenvalue weighted by molar-refractivity contribution is -0.135. The summed E-state index contributed by atoms with van der Waals surface area (Å²) in [5.41, 5.74) is -0.937. The average molecular weight is 404 g/mol. The van der Waals surface area contributed by atoms with Crippen molar-refractivity contribution < 1.29 is 23.6 Å². The third-order valence-corrected chi connectivity index (χ3v) is 5.54. The van der Waals surface area contributed by atoms with Crippen LogP contribution in [0.4, 0.5) is 14.0 Å². The molecule has 0 bridgehead atoms. The summed E-state index contributed by atoms with van der Waals surface area (Å²) in [6.45, 7) is 1.13. The Bertz CT molecular complexity index is 807. The molecule has 0 unspecified atom stereocenters. The molecule has 1 saturated carbocycles. The quantitative estimate of drug-likeness (QED) is 0.654. The highest BCUT2D eigenvalue weighted by atomic mass is 19.1. The third kappa shape index (κ3) is 4.38. The Morgan fingerprint density at radius 1 is 1.17 bits per heavy atom. The number of hydrogen-bond acceptors (Lipinski definition) is 4. The Hall–Kier alpha value is -2.97. The number of hydrogen-bond donors (Lipinski definition) is 3. The molecule has 1 aromatic carbocycles. The van der Waals surface area contributed by atoms with Gasteiger partial charge in [0.15, 0.2) is 0 Å². The van der Waals surface area contributed by atoms with Crippen LogP contribution in [0.3, 0.4) is 0 Å². The number of benzene rings is 1. The highest BCUT2D eigenvalue weighted by Gasteiger charge is 2.51. The van der Waals surface area contributed by atoms with Gasteiger partial charge < -0.3 is 10.6 Å². The normalized spacial score (nSPS) is 22.3. The van der Waals surface area contributed by atoms with Crippen molar-refractivity contribution in [3.8, 4) is 0 Å². The monoisotopic (exact) mass is 404 g/mol. The molecular formula is C20H25FN4O4. The van der Waals surface area contributed by atoms with Gasteiger partial charge in [0.1, 0.15) is 17.9 Å². The lowest BCUT2D eigenvalue weighted by Crippen LogP contribution is -2.49. The van der Waals surface area contributed by atoms with E-state index in [0.29, 0.717) is 5.56 Å². The van der Waals surface area contributed by atoms with E-state index in [1.165, 1.54) is 24.3 Å². The molecule has 0 radical (unpaired) electrons. The van der Waals surface area contributed by atoms with Crippen molar-refractivity contribution >= 4 is 23.9 Å². The Morgan fingerprint density at radius 3 is 2.45 bits per heavy atom. The Labute approximate surface area is 168 Å². The standard InChI is InChI=1S/C20H25FN4O4/c1-2-20(13-8-10-14(21)11-9-13)17(27)25(19(29)24-20)12-16(26)23-18(28)22-15-6-4-3-5-7-15/h8-11,15H,2-7,12H2,1H3,(H,24,29)(H2,22,23,26,28)/t20-/m0/s1. The first-order valence-electron chi connectivity index (χ1n) is 9.86. The third-order valence-electron chi connectivity index (χ3n) is 5.54. The number of carbonyl (C=O) groups is 4. The van der Waals surface area contributed by atoms with Crippen LogP contribution in [0, 0.1) is 5.82 Å². The predicted octanol–water partition coefficient (Wildman–Crippen LogP) is 2.14. The molecule has 1 heterocycles. The smallest absolute Gasteiger partial charge is 0.325 e. The van der Waals surface area contributed by atoms with E-state index in [-0.39, 0.29) is 12.5 Å². The zero-order valence-electron chi connectivity index (χ0n) is 16.3. The van der Waals surface area contributed by atoms with Gasteiger partial charge in [0.2, 0.25) is 5.91 Å².